The molecule has 0 radical (unpaired) electrons. The third-order valence-corrected chi connectivity index (χ3v) is 4.83. The molecular formula is C23H18N4O6. The van der Waals surface area contributed by atoms with Gasteiger partial charge in [-0.1, -0.05) is 18.2 Å². The quantitative estimate of drug-likeness (QED) is 0.442. The predicted octanol–water partition coefficient (Wildman–Crippen LogP) is 3.21. The van der Waals surface area contributed by atoms with Crippen molar-refractivity contribution in [3.8, 4) is 5.75 Å². The molecule has 0 saturated carbocycles. The summed E-state index contributed by atoms with van der Waals surface area (Å²) in [6.07, 6.45) is 0. The molecule has 0 bridgehead atoms. The van der Waals surface area contributed by atoms with Crippen LogP contribution in [0.25, 0.3) is 0 Å². The topological polar surface area (TPSA) is 131 Å². The van der Waals surface area contributed by atoms with Crippen molar-refractivity contribution in [3.63, 3.8) is 0 Å². The minimum Gasteiger partial charge on any atom is -0.484 e. The Morgan fingerprint density at radius 1 is 1.06 bits per heavy atom. The number of ether oxygens (including phenoxy) is 1. The number of amides is 3. The summed E-state index contributed by atoms with van der Waals surface area (Å²) in [5, 5.41) is 16.2. The fraction of sp³-hybridized carbons (Fsp3) is 0.0870. The Kier molecular flexibility index (Phi) is 5.98. The number of carbonyl (C=O) groups is 3. The second-order valence-electron chi connectivity index (χ2n) is 7.13. The van der Waals surface area contributed by atoms with E-state index in [4.69, 9.17) is 4.74 Å². The van der Waals surface area contributed by atoms with E-state index in [1.807, 2.05) is 0 Å². The number of nitrogens with one attached hydrogen (secondary N) is 2. The van der Waals surface area contributed by atoms with Crippen LogP contribution < -0.4 is 20.3 Å². The molecule has 4 rings (SSSR count). The van der Waals surface area contributed by atoms with E-state index in [-0.39, 0.29) is 36.4 Å². The molecule has 1 heterocycles. The number of hydrogen-bond acceptors (Lipinski definition) is 6. The number of nitro benzene ring substituents is 1. The van der Waals surface area contributed by atoms with E-state index >= 15 is 0 Å². The lowest BCUT2D eigenvalue weighted by molar-refractivity contribution is -0.384. The molecule has 3 aromatic carbocycles. The monoisotopic (exact) mass is 446 g/mol. The number of nitrogens with zero attached hydrogens (tertiary/aromatic N) is 2. The van der Waals surface area contributed by atoms with E-state index in [2.05, 4.69) is 10.6 Å². The Balaban J connectivity index is 1.38. The summed E-state index contributed by atoms with van der Waals surface area (Å²) < 4.78 is 5.30. The van der Waals surface area contributed by atoms with E-state index in [1.54, 1.807) is 48.5 Å². The predicted molar refractivity (Wildman–Crippen MR) is 120 cm³/mol. The first-order valence-corrected chi connectivity index (χ1v) is 9.88. The average molecular weight is 446 g/mol. The standard InChI is InChI=1S/C23H18N4O6/c28-21-13-26(20-7-2-1-6-19(20)25-21)23(30)15-8-10-16(11-9-15)24-22(29)14-33-18-5-3-4-17(12-18)27(31)32/h1-12H,13-14H2,(H,24,29)(H,25,28). The van der Waals surface area contributed by atoms with E-state index in [1.165, 1.54) is 29.2 Å². The van der Waals surface area contributed by atoms with Crippen LogP contribution in [-0.4, -0.2) is 35.8 Å². The highest BCUT2D eigenvalue weighted by atomic mass is 16.6. The van der Waals surface area contributed by atoms with Crippen molar-refractivity contribution < 1.29 is 24.0 Å². The molecule has 10 nitrogen and oxygen atoms in total. The Bertz CT molecular complexity index is 1240. The molecule has 0 atom stereocenters. The lowest BCUT2D eigenvalue weighted by Gasteiger charge is -2.29. The fourth-order valence-electron chi connectivity index (χ4n) is 3.30. The zero-order valence-corrected chi connectivity index (χ0v) is 17.2. The van der Waals surface area contributed by atoms with Crippen LogP contribution in [0.2, 0.25) is 0 Å². The highest BCUT2D eigenvalue weighted by Crippen LogP contribution is 2.30. The molecular weight excluding hydrogens is 428 g/mol. The molecule has 0 unspecified atom stereocenters. The number of nitro groups is 1. The summed E-state index contributed by atoms with van der Waals surface area (Å²) >= 11 is 0. The smallest absolute Gasteiger partial charge is 0.273 e. The third-order valence-electron chi connectivity index (χ3n) is 4.83. The Morgan fingerprint density at radius 2 is 1.82 bits per heavy atom. The maximum atomic E-state index is 13.0. The Labute approximate surface area is 187 Å². The van der Waals surface area contributed by atoms with Gasteiger partial charge < -0.3 is 15.4 Å². The van der Waals surface area contributed by atoms with Crippen molar-refractivity contribution in [1.82, 2.24) is 0 Å². The van der Waals surface area contributed by atoms with Gasteiger partial charge in [-0.15, -0.1) is 0 Å². The zero-order valence-electron chi connectivity index (χ0n) is 17.2. The van der Waals surface area contributed by atoms with Gasteiger partial charge in [0.1, 0.15) is 12.3 Å². The van der Waals surface area contributed by atoms with Crippen molar-refractivity contribution in [3.05, 3.63) is 88.5 Å². The van der Waals surface area contributed by atoms with Crippen molar-refractivity contribution in [2.75, 3.05) is 28.7 Å². The van der Waals surface area contributed by atoms with E-state index in [9.17, 15) is 24.5 Å². The van der Waals surface area contributed by atoms with E-state index < -0.39 is 10.8 Å². The molecule has 2 N–H and O–H groups in total. The highest BCUT2D eigenvalue weighted by molar-refractivity contribution is 6.15. The summed E-state index contributed by atoms with van der Waals surface area (Å²) in [5.41, 5.74) is 1.83. The maximum Gasteiger partial charge on any atom is 0.273 e. The number of carbonyl (C=O) groups excluding carboxylic acids is 3. The molecule has 0 spiro atoms. The molecule has 1 aliphatic rings. The van der Waals surface area contributed by atoms with Crippen LogP contribution in [-0.2, 0) is 9.59 Å². The van der Waals surface area contributed by atoms with Crippen molar-refractivity contribution in [2.45, 2.75) is 0 Å². The van der Waals surface area contributed by atoms with Gasteiger partial charge in [0.2, 0.25) is 5.91 Å². The molecule has 3 amide bonds. The molecule has 0 fully saturated rings. The van der Waals surface area contributed by atoms with Gasteiger partial charge in [-0.2, -0.15) is 0 Å². The normalized spacial score (nSPS) is 12.4. The highest BCUT2D eigenvalue weighted by Gasteiger charge is 2.27. The molecule has 0 aliphatic carbocycles. The van der Waals surface area contributed by atoms with Gasteiger partial charge in [-0.3, -0.25) is 29.4 Å². The Morgan fingerprint density at radius 3 is 2.58 bits per heavy atom. The number of hydrogen-bond donors (Lipinski definition) is 2. The lowest BCUT2D eigenvalue weighted by atomic mass is 10.1. The van der Waals surface area contributed by atoms with E-state index in [0.29, 0.717) is 22.6 Å². The maximum absolute atomic E-state index is 13.0. The second kappa shape index (κ2) is 9.18. The SMILES string of the molecule is O=C(COc1cccc([N+](=O)[O-])c1)Nc1ccc(C(=O)N2CC(=O)Nc3ccccc32)cc1. The van der Waals surface area contributed by atoms with Crippen LogP contribution in [0.15, 0.2) is 72.8 Å². The summed E-state index contributed by atoms with van der Waals surface area (Å²) in [4.78, 5) is 48.7. The summed E-state index contributed by atoms with van der Waals surface area (Å²) in [6, 6.07) is 18.8. The molecule has 33 heavy (non-hydrogen) atoms. The van der Waals surface area contributed by atoms with Crippen LogP contribution in [0.1, 0.15) is 10.4 Å². The Hall–Kier alpha value is -4.73. The number of anilines is 3. The molecule has 1 aliphatic heterocycles. The molecule has 0 saturated heterocycles. The van der Waals surface area contributed by atoms with Crippen LogP contribution >= 0.6 is 0 Å². The van der Waals surface area contributed by atoms with Crippen molar-refractivity contribution in [2.24, 2.45) is 0 Å². The number of non-ortho nitro benzene ring substituents is 1. The van der Waals surface area contributed by atoms with E-state index in [0.717, 1.165) is 0 Å². The van der Waals surface area contributed by atoms with Gasteiger partial charge in [0, 0.05) is 17.3 Å². The van der Waals surface area contributed by atoms with Gasteiger partial charge in [0.05, 0.1) is 22.4 Å². The number of benzene rings is 3. The number of rotatable bonds is 6. The van der Waals surface area contributed by atoms with Crippen molar-refractivity contribution in [1.29, 1.82) is 0 Å². The first kappa shape index (κ1) is 21.5. The first-order chi connectivity index (χ1) is 15.9. The van der Waals surface area contributed by atoms with Gasteiger partial charge in [0.15, 0.2) is 6.61 Å². The minimum atomic E-state index is -0.551. The fourth-order valence-corrected chi connectivity index (χ4v) is 3.30. The van der Waals surface area contributed by atoms with Crippen LogP contribution in [0.3, 0.4) is 0 Å². The average Bonchev–Trinajstić information content (AvgIpc) is 2.82. The molecule has 166 valence electrons. The van der Waals surface area contributed by atoms with Crippen LogP contribution in [0.4, 0.5) is 22.7 Å². The first-order valence-electron chi connectivity index (χ1n) is 9.88. The van der Waals surface area contributed by atoms with Gasteiger partial charge in [-0.25, -0.2) is 0 Å². The second-order valence-corrected chi connectivity index (χ2v) is 7.13. The summed E-state index contributed by atoms with van der Waals surface area (Å²) in [5.74, 6) is -0.896. The largest absolute Gasteiger partial charge is 0.484 e. The van der Waals surface area contributed by atoms with Crippen molar-refractivity contribution >= 4 is 40.5 Å². The number of para-hydroxylation sites is 2. The van der Waals surface area contributed by atoms with Gasteiger partial charge in [0.25, 0.3) is 17.5 Å². The number of fused-ring (bicyclic) bond motifs is 1. The lowest BCUT2D eigenvalue weighted by Crippen LogP contribution is -2.42. The zero-order chi connectivity index (χ0) is 23.4. The minimum absolute atomic E-state index is 0.0939. The van der Waals surface area contributed by atoms with Gasteiger partial charge in [-0.05, 0) is 42.5 Å². The third kappa shape index (κ3) is 4.96. The molecule has 3 aromatic rings. The van der Waals surface area contributed by atoms with Gasteiger partial charge >= 0.3 is 0 Å². The molecule has 0 aromatic heterocycles. The summed E-state index contributed by atoms with van der Waals surface area (Å²) in [7, 11) is 0. The van der Waals surface area contributed by atoms with Crippen LogP contribution in [0.5, 0.6) is 5.75 Å². The molecule has 10 heteroatoms. The van der Waals surface area contributed by atoms with Crippen LogP contribution in [0, 0.1) is 10.1 Å². The summed E-state index contributed by atoms with van der Waals surface area (Å²) in [6.45, 7) is -0.440.